The smallest absolute Gasteiger partial charge is 0.325 e. The van der Waals surface area contributed by atoms with E-state index in [1.807, 2.05) is 0 Å². The first-order valence-corrected chi connectivity index (χ1v) is 6.03. The second kappa shape index (κ2) is 7.22. The van der Waals surface area contributed by atoms with E-state index in [1.165, 1.54) is 31.3 Å². The lowest BCUT2D eigenvalue weighted by Crippen LogP contribution is -2.36. The molecule has 0 saturated carbocycles. The van der Waals surface area contributed by atoms with Crippen LogP contribution in [0, 0.1) is 17.0 Å². The highest BCUT2D eigenvalue weighted by Gasteiger charge is 2.21. The van der Waals surface area contributed by atoms with Crippen LogP contribution < -0.4 is 4.90 Å². The average molecular weight is 296 g/mol. The number of nitro groups is 1. The second-order valence-electron chi connectivity index (χ2n) is 4.19. The highest BCUT2D eigenvalue weighted by Crippen LogP contribution is 2.28. The number of nitro benzene ring substituents is 1. The van der Waals surface area contributed by atoms with Crippen LogP contribution in [0.15, 0.2) is 18.2 Å². The summed E-state index contributed by atoms with van der Waals surface area (Å²) in [5.41, 5.74) is 0.669. The molecule has 0 aliphatic rings. The van der Waals surface area contributed by atoms with E-state index in [4.69, 9.17) is 0 Å². The summed E-state index contributed by atoms with van der Waals surface area (Å²) in [5.74, 6) is -1.13. The monoisotopic (exact) mass is 296 g/mol. The molecule has 1 aromatic carbocycles. The predicted molar refractivity (Wildman–Crippen MR) is 74.1 cm³/mol. The fraction of sp³-hybridized carbons (Fsp3) is 0.385. The first-order chi connectivity index (χ1) is 9.90. The van der Waals surface area contributed by atoms with E-state index in [0.29, 0.717) is 11.3 Å². The minimum Gasteiger partial charge on any atom is -0.468 e. The van der Waals surface area contributed by atoms with Gasteiger partial charge in [-0.1, -0.05) is 6.07 Å². The summed E-state index contributed by atoms with van der Waals surface area (Å²) in [5, 5.41) is 11.0. The van der Waals surface area contributed by atoms with Crippen molar-refractivity contribution in [2.45, 2.75) is 6.92 Å². The Hall–Kier alpha value is -2.64. The summed E-state index contributed by atoms with van der Waals surface area (Å²) in [6.07, 6.45) is 0. The molecule has 0 bridgehead atoms. The van der Waals surface area contributed by atoms with Gasteiger partial charge in [-0.15, -0.1) is 0 Å². The molecular weight excluding hydrogens is 280 g/mol. The van der Waals surface area contributed by atoms with Crippen molar-refractivity contribution in [3.63, 3.8) is 0 Å². The van der Waals surface area contributed by atoms with E-state index in [9.17, 15) is 19.7 Å². The van der Waals surface area contributed by atoms with Crippen molar-refractivity contribution < 1.29 is 24.0 Å². The Morgan fingerprint density at radius 2 is 1.71 bits per heavy atom. The summed E-state index contributed by atoms with van der Waals surface area (Å²) >= 11 is 0. The van der Waals surface area contributed by atoms with E-state index in [0.717, 1.165) is 0 Å². The zero-order valence-electron chi connectivity index (χ0n) is 12.0. The maximum atomic E-state index is 11.4. The zero-order chi connectivity index (χ0) is 16.0. The molecule has 0 spiro atoms. The third kappa shape index (κ3) is 4.16. The lowest BCUT2D eigenvalue weighted by molar-refractivity contribution is -0.385. The van der Waals surface area contributed by atoms with Gasteiger partial charge in [-0.05, 0) is 13.0 Å². The summed E-state index contributed by atoms with van der Waals surface area (Å²) < 4.78 is 9.14. The molecule has 0 atom stereocenters. The lowest BCUT2D eigenvalue weighted by atomic mass is 10.1. The molecule has 8 nitrogen and oxygen atoms in total. The number of benzene rings is 1. The van der Waals surface area contributed by atoms with Crippen molar-refractivity contribution in [1.82, 2.24) is 0 Å². The van der Waals surface area contributed by atoms with Crippen LogP contribution in [0.25, 0.3) is 0 Å². The number of hydrogen-bond donors (Lipinski definition) is 0. The third-order valence-corrected chi connectivity index (χ3v) is 2.91. The van der Waals surface area contributed by atoms with Gasteiger partial charge in [-0.25, -0.2) is 0 Å². The molecule has 0 aliphatic carbocycles. The van der Waals surface area contributed by atoms with Crippen molar-refractivity contribution in [2.24, 2.45) is 0 Å². The van der Waals surface area contributed by atoms with Crippen LogP contribution in [-0.4, -0.2) is 44.2 Å². The van der Waals surface area contributed by atoms with Crippen molar-refractivity contribution in [2.75, 3.05) is 32.2 Å². The molecule has 1 rings (SSSR count). The largest absolute Gasteiger partial charge is 0.468 e. The minimum atomic E-state index is -0.565. The van der Waals surface area contributed by atoms with E-state index >= 15 is 0 Å². The van der Waals surface area contributed by atoms with Gasteiger partial charge >= 0.3 is 11.9 Å². The fourth-order valence-electron chi connectivity index (χ4n) is 1.82. The Balaban J connectivity index is 3.18. The van der Waals surface area contributed by atoms with Crippen LogP contribution in [0.3, 0.4) is 0 Å². The normalized spacial score (nSPS) is 9.86. The number of hydrogen-bond acceptors (Lipinski definition) is 7. The number of rotatable bonds is 6. The maximum absolute atomic E-state index is 11.4. The molecular formula is C13H16N2O6. The summed E-state index contributed by atoms with van der Waals surface area (Å²) in [4.78, 5) is 34.7. The van der Waals surface area contributed by atoms with Gasteiger partial charge in [0.15, 0.2) is 0 Å². The Bertz CT molecular complexity index is 540. The minimum absolute atomic E-state index is 0.0905. The number of anilines is 1. The van der Waals surface area contributed by atoms with E-state index in [1.54, 1.807) is 13.0 Å². The average Bonchev–Trinajstić information content (AvgIpc) is 2.46. The first kappa shape index (κ1) is 16.4. The fourth-order valence-corrected chi connectivity index (χ4v) is 1.82. The van der Waals surface area contributed by atoms with Crippen LogP contribution in [0.2, 0.25) is 0 Å². The molecule has 114 valence electrons. The Morgan fingerprint density at radius 1 is 1.19 bits per heavy atom. The maximum Gasteiger partial charge on any atom is 0.325 e. The third-order valence-electron chi connectivity index (χ3n) is 2.91. The van der Waals surface area contributed by atoms with Gasteiger partial charge in [0.05, 0.1) is 24.7 Å². The number of nitrogens with zero attached hydrogens (tertiary/aromatic N) is 2. The molecule has 8 heteroatoms. The van der Waals surface area contributed by atoms with Gasteiger partial charge in [0, 0.05) is 11.8 Å². The van der Waals surface area contributed by atoms with Gasteiger partial charge in [0.1, 0.15) is 13.1 Å². The molecule has 0 radical (unpaired) electrons. The van der Waals surface area contributed by atoms with Crippen molar-refractivity contribution >= 4 is 23.3 Å². The van der Waals surface area contributed by atoms with E-state index in [-0.39, 0.29) is 18.8 Å². The highest BCUT2D eigenvalue weighted by atomic mass is 16.6. The van der Waals surface area contributed by atoms with Crippen LogP contribution in [0.5, 0.6) is 0 Å². The standard InChI is InChI=1S/C13H16N2O6/c1-9-10(5-4-6-11(9)15(18)19)14(7-12(16)20-2)8-13(17)21-3/h4-6H,7-8H2,1-3H3. The molecule has 0 aliphatic heterocycles. The zero-order valence-corrected chi connectivity index (χ0v) is 12.0. The number of methoxy groups -OCH3 is 2. The molecule has 21 heavy (non-hydrogen) atoms. The van der Waals surface area contributed by atoms with Gasteiger partial charge in [0.25, 0.3) is 5.69 Å². The lowest BCUT2D eigenvalue weighted by Gasteiger charge is -2.23. The number of ether oxygens (including phenoxy) is 2. The van der Waals surface area contributed by atoms with Gasteiger partial charge < -0.3 is 14.4 Å². The van der Waals surface area contributed by atoms with Gasteiger partial charge in [0.2, 0.25) is 0 Å². The quantitative estimate of drug-likeness (QED) is 0.439. The number of esters is 2. The molecule has 0 fully saturated rings. The SMILES string of the molecule is COC(=O)CN(CC(=O)OC)c1cccc([N+](=O)[O-])c1C. The molecule has 0 N–H and O–H groups in total. The molecule has 1 aromatic rings. The van der Waals surface area contributed by atoms with Crippen molar-refractivity contribution in [3.8, 4) is 0 Å². The van der Waals surface area contributed by atoms with E-state index < -0.39 is 16.9 Å². The second-order valence-corrected chi connectivity index (χ2v) is 4.19. The number of carbonyl (C=O) groups is 2. The molecule has 0 heterocycles. The van der Waals surface area contributed by atoms with Crippen LogP contribution in [0.1, 0.15) is 5.56 Å². The number of carbonyl (C=O) groups excluding carboxylic acids is 2. The predicted octanol–water partition coefficient (Wildman–Crippen LogP) is 1.06. The van der Waals surface area contributed by atoms with Gasteiger partial charge in [-0.3, -0.25) is 19.7 Å². The molecule has 0 aromatic heterocycles. The van der Waals surface area contributed by atoms with Crippen LogP contribution in [-0.2, 0) is 19.1 Å². The Labute approximate surface area is 121 Å². The van der Waals surface area contributed by atoms with Gasteiger partial charge in [-0.2, -0.15) is 0 Å². The Kier molecular flexibility index (Phi) is 5.65. The summed E-state index contributed by atoms with van der Waals surface area (Å²) in [6, 6.07) is 4.43. The topological polar surface area (TPSA) is 99.0 Å². The Morgan fingerprint density at radius 3 is 2.14 bits per heavy atom. The van der Waals surface area contributed by atoms with Crippen LogP contribution in [0.4, 0.5) is 11.4 Å². The summed E-state index contributed by atoms with van der Waals surface area (Å²) in [7, 11) is 2.44. The molecule has 0 amide bonds. The van der Waals surface area contributed by atoms with E-state index in [2.05, 4.69) is 9.47 Å². The van der Waals surface area contributed by atoms with Crippen LogP contribution >= 0.6 is 0 Å². The highest BCUT2D eigenvalue weighted by molar-refractivity contribution is 5.82. The molecule has 0 saturated heterocycles. The first-order valence-electron chi connectivity index (χ1n) is 6.03. The summed E-state index contributed by atoms with van der Waals surface area (Å²) in [6.45, 7) is 1.12. The van der Waals surface area contributed by atoms with Crippen molar-refractivity contribution in [3.05, 3.63) is 33.9 Å². The van der Waals surface area contributed by atoms with Crippen molar-refractivity contribution in [1.29, 1.82) is 0 Å². The molecule has 0 unspecified atom stereocenters.